The number of para-hydroxylation sites is 1. The lowest BCUT2D eigenvalue weighted by Crippen LogP contribution is -2.54. The highest BCUT2D eigenvalue weighted by Gasteiger charge is 2.44. The molecule has 3 amide bonds. The largest absolute Gasteiger partial charge is 0.444 e. The smallest absolute Gasteiger partial charge is 0.408 e. The first-order valence-corrected chi connectivity index (χ1v) is 12.3. The quantitative estimate of drug-likeness (QED) is 0.510. The zero-order valence-electron chi connectivity index (χ0n) is 21.9. The summed E-state index contributed by atoms with van der Waals surface area (Å²) in [6.45, 7) is 10.4. The van der Waals surface area contributed by atoms with Gasteiger partial charge in [0, 0.05) is 11.7 Å². The molecular weight excluding hydrogens is 458 g/mol. The fourth-order valence-corrected chi connectivity index (χ4v) is 3.97. The topological polar surface area (TPSA) is 108 Å². The van der Waals surface area contributed by atoms with Crippen molar-refractivity contribution in [1.82, 2.24) is 10.2 Å². The van der Waals surface area contributed by atoms with Crippen LogP contribution in [0.5, 0.6) is 0 Å². The van der Waals surface area contributed by atoms with E-state index in [1.807, 2.05) is 63.2 Å². The number of aryl methyl sites for hydroxylation is 3. The monoisotopic (exact) mass is 495 g/mol. The van der Waals surface area contributed by atoms with Crippen molar-refractivity contribution in [3.63, 3.8) is 0 Å². The van der Waals surface area contributed by atoms with Crippen LogP contribution in [0.4, 0.5) is 10.5 Å². The summed E-state index contributed by atoms with van der Waals surface area (Å²) >= 11 is 0. The number of alkyl carbamates (subject to hydrolysis) is 1. The van der Waals surface area contributed by atoms with E-state index < -0.39 is 36.3 Å². The SMILES string of the molecule is Cc1ccc(C(C(=O)Nc2ccccc2C)N(C(=O)C(CO)NC(=O)OC(C)(C)C)C2CC2)cc1C. The van der Waals surface area contributed by atoms with Crippen LogP contribution >= 0.6 is 0 Å². The zero-order chi connectivity index (χ0) is 26.6. The number of amides is 3. The third kappa shape index (κ3) is 6.85. The molecule has 1 aliphatic rings. The number of nitrogens with zero attached hydrogens (tertiary/aromatic N) is 1. The van der Waals surface area contributed by atoms with Gasteiger partial charge in [0.2, 0.25) is 5.91 Å². The number of ether oxygens (including phenoxy) is 1. The molecule has 36 heavy (non-hydrogen) atoms. The Kier molecular flexibility index (Phi) is 8.40. The van der Waals surface area contributed by atoms with E-state index in [-0.39, 0.29) is 11.9 Å². The highest BCUT2D eigenvalue weighted by atomic mass is 16.6. The van der Waals surface area contributed by atoms with Gasteiger partial charge in [0.05, 0.1) is 6.61 Å². The Hall–Kier alpha value is -3.39. The number of carbonyl (C=O) groups excluding carboxylic acids is 3. The van der Waals surface area contributed by atoms with Crippen molar-refractivity contribution in [3.8, 4) is 0 Å². The molecule has 1 saturated carbocycles. The van der Waals surface area contributed by atoms with Gasteiger partial charge in [0.1, 0.15) is 17.7 Å². The first-order valence-electron chi connectivity index (χ1n) is 12.3. The van der Waals surface area contributed by atoms with Gasteiger partial charge in [-0.25, -0.2) is 4.79 Å². The van der Waals surface area contributed by atoms with Crippen LogP contribution in [0.1, 0.15) is 61.9 Å². The fraction of sp³-hybridized carbons (Fsp3) is 0.464. The fourth-order valence-electron chi connectivity index (χ4n) is 3.97. The third-order valence-electron chi connectivity index (χ3n) is 6.14. The van der Waals surface area contributed by atoms with Crippen molar-refractivity contribution in [3.05, 3.63) is 64.7 Å². The molecule has 0 heterocycles. The van der Waals surface area contributed by atoms with Crippen LogP contribution in [0.25, 0.3) is 0 Å². The normalized spacial score (nSPS) is 15.0. The van der Waals surface area contributed by atoms with Crippen LogP contribution in [-0.2, 0) is 14.3 Å². The predicted octanol–water partition coefficient (Wildman–Crippen LogP) is 4.17. The van der Waals surface area contributed by atoms with E-state index in [0.717, 1.165) is 29.5 Å². The van der Waals surface area contributed by atoms with Gasteiger partial charge in [0.15, 0.2) is 0 Å². The number of hydrogen-bond acceptors (Lipinski definition) is 5. The van der Waals surface area contributed by atoms with Crippen LogP contribution < -0.4 is 10.6 Å². The standard InChI is InChI=1S/C28H37N3O5/c1-17-11-12-20(15-19(17)3)24(25(33)29-22-10-8-7-9-18(22)2)31(21-13-14-21)26(34)23(16-32)30-27(35)36-28(4,5)6/h7-12,15,21,23-24,32H,13-14,16H2,1-6H3,(H,29,33)(H,30,35). The van der Waals surface area contributed by atoms with Crippen LogP contribution in [-0.4, -0.2) is 52.2 Å². The highest BCUT2D eigenvalue weighted by molar-refractivity contribution is 5.99. The van der Waals surface area contributed by atoms with Crippen molar-refractivity contribution in [2.45, 2.75) is 78.1 Å². The van der Waals surface area contributed by atoms with E-state index in [0.29, 0.717) is 11.3 Å². The van der Waals surface area contributed by atoms with Crippen molar-refractivity contribution in [1.29, 1.82) is 0 Å². The van der Waals surface area contributed by atoms with Gasteiger partial charge in [0.25, 0.3) is 5.91 Å². The first kappa shape index (κ1) is 27.2. The summed E-state index contributed by atoms with van der Waals surface area (Å²) in [5, 5.41) is 15.5. The molecule has 1 aliphatic carbocycles. The average molecular weight is 496 g/mol. The van der Waals surface area contributed by atoms with E-state index in [9.17, 15) is 19.5 Å². The summed E-state index contributed by atoms with van der Waals surface area (Å²) in [4.78, 5) is 41.4. The molecule has 3 N–H and O–H groups in total. The minimum absolute atomic E-state index is 0.179. The lowest BCUT2D eigenvalue weighted by molar-refractivity contribution is -0.142. The maximum atomic E-state index is 13.8. The van der Waals surface area contributed by atoms with Crippen molar-refractivity contribution >= 4 is 23.6 Å². The van der Waals surface area contributed by atoms with E-state index in [4.69, 9.17) is 4.74 Å². The molecule has 2 unspecified atom stereocenters. The number of anilines is 1. The van der Waals surface area contributed by atoms with Crippen molar-refractivity contribution in [2.75, 3.05) is 11.9 Å². The number of hydrogen-bond donors (Lipinski definition) is 3. The van der Waals surface area contributed by atoms with E-state index in [1.165, 1.54) is 4.90 Å². The Labute approximate surface area is 213 Å². The summed E-state index contributed by atoms with van der Waals surface area (Å²) in [6.07, 6.45) is 0.655. The first-order chi connectivity index (χ1) is 16.9. The Bertz CT molecular complexity index is 1120. The molecule has 194 valence electrons. The van der Waals surface area contributed by atoms with E-state index >= 15 is 0 Å². The number of nitrogens with one attached hydrogen (secondary N) is 2. The lowest BCUT2D eigenvalue weighted by atomic mass is 9.98. The number of rotatable bonds is 8. The molecule has 0 aliphatic heterocycles. The molecule has 8 heteroatoms. The molecule has 1 fully saturated rings. The Morgan fingerprint density at radius 1 is 1.03 bits per heavy atom. The van der Waals surface area contributed by atoms with E-state index in [2.05, 4.69) is 10.6 Å². The van der Waals surface area contributed by atoms with Crippen LogP contribution in [0.3, 0.4) is 0 Å². The Morgan fingerprint density at radius 2 is 1.69 bits per heavy atom. The molecule has 2 atom stereocenters. The third-order valence-corrected chi connectivity index (χ3v) is 6.14. The van der Waals surface area contributed by atoms with E-state index in [1.54, 1.807) is 20.8 Å². The lowest BCUT2D eigenvalue weighted by Gasteiger charge is -2.34. The predicted molar refractivity (Wildman–Crippen MR) is 139 cm³/mol. The van der Waals surface area contributed by atoms with Gasteiger partial charge in [-0.15, -0.1) is 0 Å². The highest BCUT2D eigenvalue weighted by Crippen LogP contribution is 2.36. The molecule has 2 aromatic carbocycles. The van der Waals surface area contributed by atoms with Crippen molar-refractivity contribution < 1.29 is 24.2 Å². The Morgan fingerprint density at radius 3 is 2.25 bits per heavy atom. The zero-order valence-corrected chi connectivity index (χ0v) is 21.9. The molecule has 0 radical (unpaired) electrons. The second-order valence-electron chi connectivity index (χ2n) is 10.4. The molecule has 0 saturated heterocycles. The molecule has 0 bridgehead atoms. The Balaban J connectivity index is 1.98. The second kappa shape index (κ2) is 11.1. The minimum atomic E-state index is -1.25. The van der Waals surface area contributed by atoms with Gasteiger partial charge < -0.3 is 25.4 Å². The summed E-state index contributed by atoms with van der Waals surface area (Å²) in [6, 6.07) is 10.8. The summed E-state index contributed by atoms with van der Waals surface area (Å²) < 4.78 is 5.28. The summed E-state index contributed by atoms with van der Waals surface area (Å²) in [5.74, 6) is -0.893. The summed E-state index contributed by atoms with van der Waals surface area (Å²) in [7, 11) is 0. The number of carbonyl (C=O) groups is 3. The van der Waals surface area contributed by atoms with Gasteiger partial charge in [-0.2, -0.15) is 0 Å². The van der Waals surface area contributed by atoms with Gasteiger partial charge >= 0.3 is 6.09 Å². The maximum Gasteiger partial charge on any atom is 0.408 e. The number of aliphatic hydroxyl groups is 1. The maximum absolute atomic E-state index is 13.8. The van der Waals surface area contributed by atoms with Crippen molar-refractivity contribution in [2.24, 2.45) is 0 Å². The molecule has 0 aromatic heterocycles. The van der Waals surface area contributed by atoms with Crippen LogP contribution in [0, 0.1) is 20.8 Å². The molecule has 3 rings (SSSR count). The number of aliphatic hydroxyl groups excluding tert-OH is 1. The van der Waals surface area contributed by atoms with Gasteiger partial charge in [-0.05, 0) is 82.7 Å². The molecular formula is C28H37N3O5. The summed E-state index contributed by atoms with van der Waals surface area (Å²) in [5.41, 5.74) is 3.52. The minimum Gasteiger partial charge on any atom is -0.444 e. The number of benzene rings is 2. The van der Waals surface area contributed by atoms with Crippen LogP contribution in [0.15, 0.2) is 42.5 Å². The molecule has 8 nitrogen and oxygen atoms in total. The van der Waals surface area contributed by atoms with Crippen LogP contribution in [0.2, 0.25) is 0 Å². The second-order valence-corrected chi connectivity index (χ2v) is 10.4. The van der Waals surface area contributed by atoms with Gasteiger partial charge in [-0.1, -0.05) is 36.4 Å². The molecule has 0 spiro atoms. The average Bonchev–Trinajstić information content (AvgIpc) is 3.62. The van der Waals surface area contributed by atoms with Gasteiger partial charge in [-0.3, -0.25) is 9.59 Å². The molecule has 2 aromatic rings.